The van der Waals surface area contributed by atoms with E-state index in [2.05, 4.69) is 567 Å². The molecule has 1 aliphatic rings. The fourth-order valence-corrected chi connectivity index (χ4v) is 26.6. The zero-order chi connectivity index (χ0) is 98.0. The van der Waals surface area contributed by atoms with Gasteiger partial charge in [-0.1, -0.05) is 378 Å². The highest BCUT2D eigenvalue weighted by molar-refractivity contribution is 7.26. The number of thiophene rings is 3. The summed E-state index contributed by atoms with van der Waals surface area (Å²) in [6, 6.07) is 196. The van der Waals surface area contributed by atoms with Gasteiger partial charge in [0.1, 0.15) is 0 Å². The van der Waals surface area contributed by atoms with Crippen molar-refractivity contribution in [1.29, 1.82) is 0 Å². The molecule has 0 saturated carbocycles. The van der Waals surface area contributed by atoms with Gasteiger partial charge < -0.3 is 19.3 Å². The lowest BCUT2D eigenvalue weighted by molar-refractivity contribution is 0.660. The van der Waals surface area contributed by atoms with Gasteiger partial charge in [-0.15, -0.1) is 34.0 Å². The maximum atomic E-state index is 2.46. The molecule has 0 saturated heterocycles. The summed E-state index contributed by atoms with van der Waals surface area (Å²) >= 11 is 5.64. The summed E-state index contributed by atoms with van der Waals surface area (Å²) in [4.78, 5) is 7.26. The monoisotopic (exact) mass is 1940 g/mol. The van der Waals surface area contributed by atoms with E-state index in [-0.39, 0.29) is 5.41 Å². The van der Waals surface area contributed by atoms with Crippen molar-refractivity contribution in [3.63, 3.8) is 0 Å². The van der Waals surface area contributed by atoms with Crippen molar-refractivity contribution in [1.82, 2.24) is 4.57 Å². The third kappa shape index (κ3) is 15.3. The van der Waals surface area contributed by atoms with E-state index in [9.17, 15) is 0 Å². The van der Waals surface area contributed by atoms with Crippen molar-refractivity contribution in [2.75, 3.05) is 14.7 Å². The van der Waals surface area contributed by atoms with Crippen LogP contribution in [0.25, 0.3) is 208 Å². The Morgan fingerprint density at radius 2 is 0.480 bits per heavy atom. The summed E-state index contributed by atoms with van der Waals surface area (Å²) in [6.07, 6.45) is 0. The smallest absolute Gasteiger partial charge is 0.0541 e. The van der Waals surface area contributed by atoms with Crippen molar-refractivity contribution < 1.29 is 0 Å². The fourth-order valence-electron chi connectivity index (χ4n) is 23.2. The number of nitrogens with zero attached hydrogens (tertiary/aromatic N) is 4. The van der Waals surface area contributed by atoms with E-state index < -0.39 is 0 Å². The minimum absolute atomic E-state index is 0.0879. The minimum atomic E-state index is -0.0879. The number of para-hydroxylation sites is 2. The van der Waals surface area contributed by atoms with Crippen LogP contribution < -0.4 is 14.7 Å². The van der Waals surface area contributed by atoms with Gasteiger partial charge in [-0.3, -0.25) is 0 Å². The van der Waals surface area contributed by atoms with E-state index in [1.165, 1.54) is 225 Å². The molecule has 696 valence electrons. The molecule has 7 heteroatoms. The number of fused-ring (bicyclic) bond motifs is 24. The predicted molar refractivity (Wildman–Crippen MR) is 641 cm³/mol. The SMILES string of the molecule is CC1(C)c2ccccc2-c2ccc(N(c3ccc(-c4ccccc4)cc3)c3cccc4c3ccc3cc5c(cc34)sc3ccccc35)cc21.c1ccc(-c2ccc(N(c3ccc(-c4ccccc4)cc3)c3cccc4c3ccc3cc5c(cc34)sc3ccccc35)cc2)cc1.c1ccc(-c2ccc(N(c3cccc(-n4c5ccccc5c5ccccc54)c3)c3ccc4ccc5cc6c(cc5c4c3)sc3ccccc36)cc2)cc1. The largest absolute Gasteiger partial charge is 0.310 e. The first-order valence-corrected chi connectivity index (χ1v) is 53.2. The lowest BCUT2D eigenvalue weighted by Crippen LogP contribution is -2.16. The van der Waals surface area contributed by atoms with Crippen LogP contribution in [0.2, 0.25) is 0 Å². The van der Waals surface area contributed by atoms with Gasteiger partial charge in [-0.25, -0.2) is 0 Å². The zero-order valence-electron chi connectivity index (χ0n) is 81.3. The Balaban J connectivity index is 0.000000107. The average molecular weight is 1940 g/mol. The summed E-state index contributed by atoms with van der Waals surface area (Å²) in [5.41, 5.74) is 28.8. The second-order valence-electron chi connectivity index (χ2n) is 39.3. The van der Waals surface area contributed by atoms with Crippen LogP contribution in [0.1, 0.15) is 25.0 Å². The van der Waals surface area contributed by atoms with Crippen molar-refractivity contribution in [2.45, 2.75) is 19.3 Å². The van der Waals surface area contributed by atoms with Crippen LogP contribution in [0.3, 0.4) is 0 Å². The van der Waals surface area contributed by atoms with Crippen molar-refractivity contribution in [2.24, 2.45) is 0 Å². The molecule has 0 amide bonds. The first-order chi connectivity index (χ1) is 73.1. The van der Waals surface area contributed by atoms with Gasteiger partial charge in [0.2, 0.25) is 0 Å². The van der Waals surface area contributed by atoms with Gasteiger partial charge in [0.15, 0.2) is 0 Å². The maximum Gasteiger partial charge on any atom is 0.0541 e. The first-order valence-electron chi connectivity index (χ1n) is 50.8. The highest BCUT2D eigenvalue weighted by Crippen LogP contribution is 2.54. The first kappa shape index (κ1) is 87.7. The van der Waals surface area contributed by atoms with E-state index in [1.807, 2.05) is 34.0 Å². The van der Waals surface area contributed by atoms with Crippen LogP contribution >= 0.6 is 34.0 Å². The number of aromatic nitrogens is 1. The number of rotatable bonds is 14. The Labute approximate surface area is 869 Å². The third-order valence-electron chi connectivity index (χ3n) is 30.4. The minimum Gasteiger partial charge on any atom is -0.310 e. The standard InChI is InChI=1S/C50H32N2S.C47H33NS.C44H29NS/c1-2-11-33(12-3-1)34-23-26-37(27-24-34)51(38-13-10-14-39(30-38)52-47-18-7-4-15-41(47)42-16-5-8-19-48(42)52)40-28-25-35-21-22-36-29-46-43-17-6-9-20-49(43)53-50(46)32-45(36)44(35)31-40;1-47(2)42-16-8-6-13-36(42)37-26-24-34(28-43(37)47)48(33-22-19-31(20-23-33)30-11-4-3-5-12-30)44-17-10-15-35-38(44)25-21-32-27-41-39-14-7-9-18-45(39)49-46(41)29-40(32)35;1-3-10-30(11-4-1)32-18-23-35(24-19-32)45(36-25-20-33(21-26-36)31-12-5-2-6-13-31)42-16-9-15-37-38(42)27-22-34-28-41-39-14-7-8-17-43(39)46-44(41)29-40(34)37/h1-32H;3-29H,1-2H3;1-29H. The second-order valence-corrected chi connectivity index (χ2v) is 42.5. The number of benzene rings is 25. The van der Waals surface area contributed by atoms with Gasteiger partial charge >= 0.3 is 0 Å². The van der Waals surface area contributed by atoms with Crippen LogP contribution in [0.5, 0.6) is 0 Å². The van der Waals surface area contributed by atoms with E-state index in [4.69, 9.17) is 0 Å². The molecule has 0 spiro atoms. The van der Waals surface area contributed by atoms with Crippen LogP contribution in [0, 0.1) is 0 Å². The van der Waals surface area contributed by atoms with E-state index in [0.717, 1.165) is 45.5 Å². The highest BCUT2D eigenvalue weighted by Gasteiger charge is 2.36. The lowest BCUT2D eigenvalue weighted by Gasteiger charge is -2.29. The molecule has 0 bridgehead atoms. The molecule has 0 aliphatic heterocycles. The Bertz CT molecular complexity index is 10100. The van der Waals surface area contributed by atoms with E-state index >= 15 is 0 Å². The topological polar surface area (TPSA) is 14.7 Å². The Morgan fingerprint density at radius 3 is 0.932 bits per heavy atom. The maximum absolute atomic E-state index is 2.46. The van der Waals surface area contributed by atoms with Crippen LogP contribution in [-0.4, -0.2) is 4.57 Å². The normalized spacial score (nSPS) is 12.2. The third-order valence-corrected chi connectivity index (χ3v) is 33.8. The average Bonchev–Trinajstić information content (AvgIpc) is 1.55. The van der Waals surface area contributed by atoms with Crippen LogP contribution in [-0.2, 0) is 5.41 Å². The molecule has 0 fully saturated rings. The molecule has 148 heavy (non-hydrogen) atoms. The van der Waals surface area contributed by atoms with Gasteiger partial charge in [0, 0.05) is 133 Å². The molecule has 0 atom stereocenters. The van der Waals surface area contributed by atoms with Crippen LogP contribution in [0.4, 0.5) is 51.2 Å². The summed E-state index contributed by atoms with van der Waals surface area (Å²) in [5.74, 6) is 0. The summed E-state index contributed by atoms with van der Waals surface area (Å²) in [6.45, 7) is 4.72. The second kappa shape index (κ2) is 36.3. The summed E-state index contributed by atoms with van der Waals surface area (Å²) in [5, 5.41) is 25.7. The Morgan fingerprint density at radius 1 is 0.169 bits per heavy atom. The summed E-state index contributed by atoms with van der Waals surface area (Å²) < 4.78 is 10.4. The highest BCUT2D eigenvalue weighted by atomic mass is 32.1. The summed E-state index contributed by atoms with van der Waals surface area (Å²) in [7, 11) is 0. The molecule has 0 N–H and O–H groups in total. The zero-order valence-corrected chi connectivity index (χ0v) is 83.8. The Kier molecular flexibility index (Phi) is 21.5. The molecule has 0 radical (unpaired) electrons. The van der Waals surface area contributed by atoms with E-state index in [1.54, 1.807) is 0 Å². The predicted octanol–water partition coefficient (Wildman–Crippen LogP) is 41.6. The molecule has 30 rings (SSSR count). The number of hydrogen-bond acceptors (Lipinski definition) is 6. The molecule has 25 aromatic carbocycles. The molecule has 4 nitrogen and oxygen atoms in total. The molecule has 29 aromatic rings. The van der Waals surface area contributed by atoms with E-state index in [0.29, 0.717) is 0 Å². The molecular formula is C141H94N4S3. The lowest BCUT2D eigenvalue weighted by atomic mass is 9.82. The van der Waals surface area contributed by atoms with Gasteiger partial charge in [-0.05, 0) is 290 Å². The molecule has 4 heterocycles. The Hall–Kier alpha value is -18.1. The number of anilines is 9. The molecule has 0 unspecified atom stereocenters. The fraction of sp³-hybridized carbons (Fsp3) is 0.0213. The van der Waals surface area contributed by atoms with Crippen LogP contribution in [0.15, 0.2) is 534 Å². The van der Waals surface area contributed by atoms with Crippen molar-refractivity contribution in [3.8, 4) is 61.3 Å². The van der Waals surface area contributed by atoms with Gasteiger partial charge in [0.05, 0.1) is 22.4 Å². The van der Waals surface area contributed by atoms with Gasteiger partial charge in [-0.2, -0.15) is 0 Å². The molecular weight excluding hydrogens is 1850 g/mol. The quantitative estimate of drug-likeness (QED) is 0.101. The molecule has 4 aromatic heterocycles. The van der Waals surface area contributed by atoms with Crippen molar-refractivity contribution >= 4 is 232 Å². The van der Waals surface area contributed by atoms with Gasteiger partial charge in [0.25, 0.3) is 0 Å². The molecule has 1 aliphatic carbocycles. The van der Waals surface area contributed by atoms with Crippen molar-refractivity contribution in [3.05, 3.63) is 545 Å². The number of hydrogen-bond donors (Lipinski definition) is 0.